The van der Waals surface area contributed by atoms with Gasteiger partial charge in [-0.3, -0.25) is 0 Å². The Balaban J connectivity index is 1.93. The summed E-state index contributed by atoms with van der Waals surface area (Å²) in [7, 11) is 0. The molecule has 134 valence electrons. The van der Waals surface area contributed by atoms with Gasteiger partial charge in [-0.15, -0.1) is 0 Å². The molecule has 0 bridgehead atoms. The average molecular weight is 354 g/mol. The molecule has 0 aliphatic heterocycles. The number of rotatable bonds is 5. The van der Waals surface area contributed by atoms with E-state index in [1.54, 1.807) is 37.3 Å². The van der Waals surface area contributed by atoms with Gasteiger partial charge in [0.05, 0.1) is 0 Å². The molecule has 1 fully saturated rings. The maximum atomic E-state index is 13.7. The molecular formula is C23H21F3. The van der Waals surface area contributed by atoms with Gasteiger partial charge in [-0.25, -0.2) is 13.2 Å². The molecule has 0 N–H and O–H groups in total. The zero-order valence-electron chi connectivity index (χ0n) is 14.8. The minimum absolute atomic E-state index is 0.165. The molecule has 0 radical (unpaired) electrons. The first-order chi connectivity index (χ1) is 12.4. The minimum atomic E-state index is -0.346. The third kappa shape index (κ3) is 3.82. The van der Waals surface area contributed by atoms with Gasteiger partial charge in [-0.1, -0.05) is 42.5 Å². The second-order valence-corrected chi connectivity index (χ2v) is 6.89. The lowest BCUT2D eigenvalue weighted by Gasteiger charge is -2.01. The van der Waals surface area contributed by atoms with E-state index in [1.165, 1.54) is 30.3 Å². The van der Waals surface area contributed by atoms with Crippen molar-refractivity contribution >= 4 is 0 Å². The van der Waals surface area contributed by atoms with Gasteiger partial charge in [0.15, 0.2) is 0 Å². The molecule has 1 saturated carbocycles. The molecule has 1 aliphatic rings. The molecule has 0 spiro atoms. The summed E-state index contributed by atoms with van der Waals surface area (Å²) in [5.74, 6) is -0.398. The first kappa shape index (κ1) is 18.2. The molecule has 2 unspecified atom stereocenters. The van der Waals surface area contributed by atoms with Crippen LogP contribution in [0.25, 0.3) is 0 Å². The molecule has 3 heteroatoms. The number of hydrogen-bond acceptors (Lipinski definition) is 0. The fourth-order valence-corrected chi connectivity index (χ4v) is 3.53. The summed E-state index contributed by atoms with van der Waals surface area (Å²) in [4.78, 5) is 0. The van der Waals surface area contributed by atoms with Crippen LogP contribution in [0, 0.1) is 17.6 Å². The quantitative estimate of drug-likeness (QED) is 0.516. The Morgan fingerprint density at radius 1 is 0.808 bits per heavy atom. The van der Waals surface area contributed by atoms with Crippen molar-refractivity contribution in [3.63, 3.8) is 0 Å². The van der Waals surface area contributed by atoms with Gasteiger partial charge >= 0.3 is 0 Å². The summed E-state index contributed by atoms with van der Waals surface area (Å²) in [6.45, 7) is 7.18. The second kappa shape index (κ2) is 7.36. The molecule has 1 aliphatic carbocycles. The Hall–Kier alpha value is -2.55. The standard InChI is InChI=1S/C23H21F3/c1-14(2)20(26)13-4-15(3)21-22(16-5-9-18(24)10-6-16)23(21)17-7-11-19(25)12-8-17/h4-13,21-23H,1H2,2-3H3/b15-4+,20-13+. The minimum Gasteiger partial charge on any atom is -0.207 e. The monoisotopic (exact) mass is 354 g/mol. The molecular weight excluding hydrogens is 333 g/mol. The lowest BCUT2D eigenvalue weighted by atomic mass is 10.0. The fourth-order valence-electron chi connectivity index (χ4n) is 3.53. The van der Waals surface area contributed by atoms with Crippen molar-refractivity contribution in [1.29, 1.82) is 0 Å². The predicted octanol–water partition coefficient (Wildman–Crippen LogP) is 6.84. The van der Waals surface area contributed by atoms with E-state index in [0.717, 1.165) is 16.7 Å². The number of hydrogen-bond donors (Lipinski definition) is 0. The zero-order chi connectivity index (χ0) is 18.8. The van der Waals surface area contributed by atoms with Crippen LogP contribution in [0.3, 0.4) is 0 Å². The van der Waals surface area contributed by atoms with Crippen LogP contribution in [0.2, 0.25) is 0 Å². The van der Waals surface area contributed by atoms with Gasteiger partial charge < -0.3 is 0 Å². The maximum Gasteiger partial charge on any atom is 0.125 e. The summed E-state index contributed by atoms with van der Waals surface area (Å²) in [6.07, 6.45) is 3.20. The van der Waals surface area contributed by atoms with E-state index in [4.69, 9.17) is 0 Å². The van der Waals surface area contributed by atoms with Crippen LogP contribution in [0.1, 0.15) is 36.8 Å². The van der Waals surface area contributed by atoms with E-state index in [1.807, 2.05) is 6.92 Å². The molecule has 0 heterocycles. The molecule has 26 heavy (non-hydrogen) atoms. The van der Waals surface area contributed by atoms with Gasteiger partial charge in [0.1, 0.15) is 17.5 Å². The van der Waals surface area contributed by atoms with Crippen molar-refractivity contribution in [3.8, 4) is 0 Å². The van der Waals surface area contributed by atoms with Gasteiger partial charge in [-0.2, -0.15) is 0 Å². The predicted molar refractivity (Wildman–Crippen MR) is 99.5 cm³/mol. The van der Waals surface area contributed by atoms with Crippen LogP contribution < -0.4 is 0 Å². The van der Waals surface area contributed by atoms with Crippen LogP contribution >= 0.6 is 0 Å². The highest BCUT2D eigenvalue weighted by Crippen LogP contribution is 2.63. The molecule has 2 aromatic carbocycles. The Morgan fingerprint density at radius 3 is 1.62 bits per heavy atom. The first-order valence-corrected chi connectivity index (χ1v) is 8.59. The normalized spacial score (nSPS) is 23.0. The first-order valence-electron chi connectivity index (χ1n) is 8.59. The van der Waals surface area contributed by atoms with E-state index < -0.39 is 0 Å². The highest BCUT2D eigenvalue weighted by Gasteiger charge is 2.52. The maximum absolute atomic E-state index is 13.7. The Labute approximate surface area is 152 Å². The van der Waals surface area contributed by atoms with Gasteiger partial charge in [0.2, 0.25) is 0 Å². The third-order valence-corrected chi connectivity index (χ3v) is 4.96. The van der Waals surface area contributed by atoms with Crippen LogP contribution in [0.15, 0.2) is 84.2 Å². The summed E-state index contributed by atoms with van der Waals surface area (Å²) in [5, 5.41) is 0. The molecule has 2 atom stereocenters. The molecule has 0 aromatic heterocycles. The molecule has 0 amide bonds. The van der Waals surface area contributed by atoms with E-state index in [-0.39, 0.29) is 35.2 Å². The van der Waals surface area contributed by atoms with Crippen molar-refractivity contribution in [2.24, 2.45) is 5.92 Å². The Kier molecular flexibility index (Phi) is 5.17. The smallest absolute Gasteiger partial charge is 0.125 e. The lowest BCUT2D eigenvalue weighted by molar-refractivity contribution is 0.626. The number of halogens is 3. The van der Waals surface area contributed by atoms with Crippen molar-refractivity contribution in [2.45, 2.75) is 25.7 Å². The average Bonchev–Trinajstić information content (AvgIpc) is 3.36. The highest BCUT2D eigenvalue weighted by molar-refractivity contribution is 5.45. The van der Waals surface area contributed by atoms with Gasteiger partial charge in [0, 0.05) is 0 Å². The molecule has 0 nitrogen and oxygen atoms in total. The van der Waals surface area contributed by atoms with Gasteiger partial charge in [-0.05, 0) is 78.6 Å². The van der Waals surface area contributed by atoms with E-state index in [2.05, 4.69) is 6.58 Å². The highest BCUT2D eigenvalue weighted by atomic mass is 19.1. The van der Waals surface area contributed by atoms with Gasteiger partial charge in [0.25, 0.3) is 0 Å². The van der Waals surface area contributed by atoms with Crippen LogP contribution in [-0.4, -0.2) is 0 Å². The summed E-state index contributed by atoms with van der Waals surface area (Å²) < 4.78 is 40.3. The SMILES string of the molecule is C=C(C)/C(F)=C\C=C(/C)C1C(c2ccc(F)cc2)C1c1ccc(F)cc1. The summed E-state index contributed by atoms with van der Waals surface area (Å²) in [6, 6.07) is 12.9. The Bertz CT molecular complexity index is 806. The molecule has 3 rings (SSSR count). The van der Waals surface area contributed by atoms with E-state index >= 15 is 0 Å². The van der Waals surface area contributed by atoms with Crippen molar-refractivity contribution in [3.05, 3.63) is 107 Å². The van der Waals surface area contributed by atoms with Crippen LogP contribution in [-0.2, 0) is 0 Å². The summed E-state index contributed by atoms with van der Waals surface area (Å²) >= 11 is 0. The zero-order valence-corrected chi connectivity index (χ0v) is 14.8. The number of benzene rings is 2. The third-order valence-electron chi connectivity index (χ3n) is 4.96. The van der Waals surface area contributed by atoms with E-state index in [0.29, 0.717) is 5.57 Å². The Morgan fingerprint density at radius 2 is 1.23 bits per heavy atom. The molecule has 0 saturated heterocycles. The number of allylic oxidation sites excluding steroid dienone is 5. The van der Waals surface area contributed by atoms with Crippen molar-refractivity contribution in [2.75, 3.05) is 0 Å². The van der Waals surface area contributed by atoms with Crippen LogP contribution in [0.4, 0.5) is 13.2 Å². The van der Waals surface area contributed by atoms with Crippen molar-refractivity contribution < 1.29 is 13.2 Å². The largest absolute Gasteiger partial charge is 0.207 e. The lowest BCUT2D eigenvalue weighted by Crippen LogP contribution is -1.86. The topological polar surface area (TPSA) is 0 Å². The molecule has 2 aromatic rings. The summed E-state index contributed by atoms with van der Waals surface area (Å²) in [5.41, 5.74) is 3.48. The fraction of sp³-hybridized carbons (Fsp3) is 0.217. The van der Waals surface area contributed by atoms with Crippen LogP contribution in [0.5, 0.6) is 0 Å². The second-order valence-electron chi connectivity index (χ2n) is 6.89. The van der Waals surface area contributed by atoms with Crippen molar-refractivity contribution in [1.82, 2.24) is 0 Å². The van der Waals surface area contributed by atoms with E-state index in [9.17, 15) is 13.2 Å².